The van der Waals surface area contributed by atoms with Crippen molar-refractivity contribution in [1.82, 2.24) is 15.0 Å². The summed E-state index contributed by atoms with van der Waals surface area (Å²) in [7, 11) is 0. The molecule has 2 amide bonds. The lowest BCUT2D eigenvalue weighted by molar-refractivity contribution is -0.127. The van der Waals surface area contributed by atoms with Gasteiger partial charge in [0, 0.05) is 24.8 Å². The predicted molar refractivity (Wildman–Crippen MR) is 135 cm³/mol. The molecule has 2 aliphatic rings. The molecule has 2 aromatic heterocycles. The molecule has 10 nitrogen and oxygen atoms in total. The molecule has 0 atom stereocenters. The number of nitrogens with one attached hydrogen (secondary N) is 2. The Morgan fingerprint density at radius 2 is 1.73 bits per heavy atom. The van der Waals surface area contributed by atoms with Gasteiger partial charge in [0.15, 0.2) is 0 Å². The van der Waals surface area contributed by atoms with Crippen molar-refractivity contribution in [3.05, 3.63) is 60.6 Å². The van der Waals surface area contributed by atoms with Crippen LogP contribution in [-0.2, 0) is 9.47 Å². The molecule has 2 aliphatic heterocycles. The van der Waals surface area contributed by atoms with Gasteiger partial charge in [-0.3, -0.25) is 10.1 Å². The second-order valence-electron chi connectivity index (χ2n) is 10.3. The van der Waals surface area contributed by atoms with Gasteiger partial charge < -0.3 is 19.7 Å². The molecule has 4 heterocycles. The first-order valence-electron chi connectivity index (χ1n) is 11.8. The lowest BCUT2D eigenvalue weighted by Crippen LogP contribution is -2.66. The van der Waals surface area contributed by atoms with Crippen molar-refractivity contribution in [2.45, 2.75) is 26.4 Å². The Bertz CT molecular complexity index is 1310. The van der Waals surface area contributed by atoms with Gasteiger partial charge in [-0.15, -0.1) is 0 Å². The number of hydrogen-bond donors (Lipinski definition) is 2. The van der Waals surface area contributed by atoms with Gasteiger partial charge in [0.05, 0.1) is 42.4 Å². The van der Waals surface area contributed by atoms with Crippen LogP contribution in [0.15, 0.2) is 48.9 Å². The Hall–Kier alpha value is -4.12. The Kier molecular flexibility index (Phi) is 6.24. The smallest absolute Gasteiger partial charge is 0.412 e. The second kappa shape index (κ2) is 9.40. The van der Waals surface area contributed by atoms with Crippen LogP contribution in [0.4, 0.5) is 26.4 Å². The monoisotopic (exact) mass is 506 g/mol. The Labute approximate surface area is 213 Å². The fourth-order valence-electron chi connectivity index (χ4n) is 4.18. The van der Waals surface area contributed by atoms with Gasteiger partial charge >= 0.3 is 6.09 Å². The summed E-state index contributed by atoms with van der Waals surface area (Å²) in [6.45, 7) is 8.51. The minimum Gasteiger partial charge on any atom is -0.444 e. The van der Waals surface area contributed by atoms with Crippen LogP contribution < -0.4 is 15.5 Å². The highest BCUT2D eigenvalue weighted by Crippen LogP contribution is 2.39. The zero-order valence-electron chi connectivity index (χ0n) is 20.7. The van der Waals surface area contributed by atoms with Gasteiger partial charge in [-0.05, 0) is 50.6 Å². The highest BCUT2D eigenvalue weighted by molar-refractivity contribution is 6.06. The SMILES string of the molecule is CC(C)(C)OC(=O)Nc1ccc(-c2ccc(F)nc2)cc1NC(=O)c1cnc(N2CC3(COC3)C2)cn1. The molecule has 2 N–H and O–H groups in total. The maximum Gasteiger partial charge on any atom is 0.412 e. The predicted octanol–water partition coefficient (Wildman–Crippen LogP) is 4.11. The first kappa shape index (κ1) is 24.6. The molecular weight excluding hydrogens is 479 g/mol. The maximum absolute atomic E-state index is 13.3. The lowest BCUT2D eigenvalue weighted by Gasteiger charge is -2.55. The van der Waals surface area contributed by atoms with Crippen LogP contribution >= 0.6 is 0 Å². The van der Waals surface area contributed by atoms with Crippen LogP contribution in [0.5, 0.6) is 0 Å². The standard InChI is InChI=1S/C26H27FN6O4/c1-25(2,3)37-24(35)32-18-6-4-16(17-5-7-21(27)29-9-17)8-19(18)31-23(34)20-10-30-22(11-28-20)33-12-26(13-33)14-36-15-26/h4-11H,12-15H2,1-3H3,(H,31,34)(H,32,35). The van der Waals surface area contributed by atoms with Gasteiger partial charge in [-0.25, -0.2) is 19.7 Å². The fraction of sp³-hybridized carbons (Fsp3) is 0.346. The van der Waals surface area contributed by atoms with Crippen molar-refractivity contribution in [1.29, 1.82) is 0 Å². The number of halogens is 1. The minimum absolute atomic E-state index is 0.114. The van der Waals surface area contributed by atoms with Gasteiger partial charge in [-0.2, -0.15) is 4.39 Å². The molecular formula is C26H27FN6O4. The summed E-state index contributed by atoms with van der Waals surface area (Å²) in [5, 5.41) is 5.45. The van der Waals surface area contributed by atoms with Crippen LogP contribution in [0.1, 0.15) is 31.3 Å². The molecule has 1 spiro atoms. The van der Waals surface area contributed by atoms with Crippen LogP contribution in [0, 0.1) is 11.4 Å². The van der Waals surface area contributed by atoms with E-state index < -0.39 is 23.5 Å². The first-order valence-corrected chi connectivity index (χ1v) is 11.8. The van der Waals surface area contributed by atoms with Crippen molar-refractivity contribution in [2.24, 2.45) is 5.41 Å². The van der Waals surface area contributed by atoms with Gasteiger partial charge in [-0.1, -0.05) is 6.07 Å². The summed E-state index contributed by atoms with van der Waals surface area (Å²) in [5.41, 5.74) is 1.56. The molecule has 192 valence electrons. The summed E-state index contributed by atoms with van der Waals surface area (Å²) >= 11 is 0. The van der Waals surface area contributed by atoms with E-state index in [-0.39, 0.29) is 11.1 Å². The molecule has 5 rings (SSSR count). The number of aromatic nitrogens is 3. The van der Waals surface area contributed by atoms with E-state index in [1.165, 1.54) is 18.5 Å². The number of nitrogens with zero attached hydrogens (tertiary/aromatic N) is 4. The largest absolute Gasteiger partial charge is 0.444 e. The normalized spacial score (nSPS) is 15.9. The van der Waals surface area contributed by atoms with Crippen LogP contribution in [0.25, 0.3) is 11.1 Å². The number of pyridine rings is 1. The minimum atomic E-state index is -0.702. The molecule has 2 saturated heterocycles. The zero-order valence-corrected chi connectivity index (χ0v) is 20.7. The van der Waals surface area contributed by atoms with E-state index in [1.807, 2.05) is 0 Å². The number of benzene rings is 1. The summed E-state index contributed by atoms with van der Waals surface area (Å²) in [4.78, 5) is 39.9. The molecule has 0 saturated carbocycles. The molecule has 0 aliphatic carbocycles. The molecule has 0 bridgehead atoms. The molecule has 37 heavy (non-hydrogen) atoms. The Morgan fingerprint density at radius 1 is 0.973 bits per heavy atom. The van der Waals surface area contributed by atoms with Crippen molar-refractivity contribution in [2.75, 3.05) is 41.8 Å². The van der Waals surface area contributed by atoms with Crippen molar-refractivity contribution in [3.8, 4) is 11.1 Å². The van der Waals surface area contributed by atoms with E-state index in [9.17, 15) is 14.0 Å². The van der Waals surface area contributed by atoms with Gasteiger partial charge in [0.25, 0.3) is 5.91 Å². The number of ether oxygens (including phenoxy) is 2. The zero-order chi connectivity index (χ0) is 26.2. The number of anilines is 3. The fourth-order valence-corrected chi connectivity index (χ4v) is 4.18. The van der Waals surface area contributed by atoms with Crippen LogP contribution in [0.3, 0.4) is 0 Å². The highest BCUT2D eigenvalue weighted by atomic mass is 19.1. The highest BCUT2D eigenvalue weighted by Gasteiger charge is 2.49. The molecule has 0 radical (unpaired) electrons. The number of hydrogen-bond acceptors (Lipinski definition) is 8. The molecule has 0 unspecified atom stereocenters. The van der Waals surface area contributed by atoms with E-state index in [0.717, 1.165) is 26.3 Å². The first-order chi connectivity index (χ1) is 17.6. The molecule has 3 aromatic rings. The average Bonchev–Trinajstić information content (AvgIpc) is 2.78. The van der Waals surface area contributed by atoms with E-state index >= 15 is 0 Å². The molecule has 2 fully saturated rings. The third kappa shape index (κ3) is 5.51. The molecule has 1 aromatic carbocycles. The van der Waals surface area contributed by atoms with Crippen molar-refractivity contribution < 1.29 is 23.5 Å². The van der Waals surface area contributed by atoms with Crippen molar-refractivity contribution >= 4 is 29.2 Å². The number of amides is 2. The second-order valence-corrected chi connectivity index (χ2v) is 10.3. The van der Waals surface area contributed by atoms with Crippen molar-refractivity contribution in [3.63, 3.8) is 0 Å². The molecule has 11 heteroatoms. The van der Waals surface area contributed by atoms with Crippen LogP contribution in [-0.4, -0.2) is 58.9 Å². The summed E-state index contributed by atoms with van der Waals surface area (Å²) in [6, 6.07) is 7.82. The summed E-state index contributed by atoms with van der Waals surface area (Å²) < 4.78 is 23.9. The quantitative estimate of drug-likeness (QED) is 0.497. The maximum atomic E-state index is 13.3. The van der Waals surface area contributed by atoms with Gasteiger partial charge in [0.1, 0.15) is 17.1 Å². The van der Waals surface area contributed by atoms with Crippen LogP contribution in [0.2, 0.25) is 0 Å². The summed E-state index contributed by atoms with van der Waals surface area (Å²) in [6.07, 6.45) is 3.70. The van der Waals surface area contributed by atoms with E-state index in [0.29, 0.717) is 28.3 Å². The summed E-state index contributed by atoms with van der Waals surface area (Å²) in [5.74, 6) is -0.405. The number of rotatable bonds is 5. The Balaban J connectivity index is 1.35. The third-order valence-electron chi connectivity index (χ3n) is 6.03. The lowest BCUT2D eigenvalue weighted by atomic mass is 9.78. The Morgan fingerprint density at radius 3 is 2.32 bits per heavy atom. The number of carbonyl (C=O) groups excluding carboxylic acids is 2. The van der Waals surface area contributed by atoms with E-state index in [2.05, 4.69) is 30.5 Å². The van der Waals surface area contributed by atoms with E-state index in [4.69, 9.17) is 9.47 Å². The van der Waals surface area contributed by atoms with Gasteiger partial charge in [0.2, 0.25) is 5.95 Å². The average molecular weight is 507 g/mol. The number of carbonyl (C=O) groups is 2. The third-order valence-corrected chi connectivity index (χ3v) is 6.03. The topological polar surface area (TPSA) is 119 Å². The van der Waals surface area contributed by atoms with E-state index in [1.54, 1.807) is 51.2 Å².